The fourth-order valence-corrected chi connectivity index (χ4v) is 11.6. The van der Waals surface area contributed by atoms with E-state index in [0.717, 1.165) is 11.1 Å². The largest absolute Gasteiger partial charge is 0.412 e. The molecule has 0 saturated heterocycles. The second-order valence-electron chi connectivity index (χ2n) is 14.4. The Kier molecular flexibility index (Phi) is 30.4. The van der Waals surface area contributed by atoms with Gasteiger partial charge in [0, 0.05) is 0 Å². The van der Waals surface area contributed by atoms with Gasteiger partial charge in [0.25, 0.3) is 0 Å². The molecule has 0 heterocycles. The molecule has 0 aromatic heterocycles. The molecule has 6 aromatic rings. The maximum absolute atomic E-state index is 14.1. The molecule has 4 unspecified atom stereocenters. The van der Waals surface area contributed by atoms with Crippen LogP contribution in [0.5, 0.6) is 23.0 Å². The molecule has 2 amide bonds. The molecule has 370 valence electrons. The number of hydrogen-bond donors (Lipinski definition) is 2. The number of hydrogen-bond acceptors (Lipinski definition) is 10. The zero-order chi connectivity index (χ0) is 45.6. The van der Waals surface area contributed by atoms with Crippen molar-refractivity contribution in [1.29, 1.82) is 0 Å². The van der Waals surface area contributed by atoms with Gasteiger partial charge in [-0.1, -0.05) is 0 Å². The van der Waals surface area contributed by atoms with Crippen LogP contribution in [0.25, 0.3) is 0 Å². The molecule has 17 nitrogen and oxygen atoms in total. The van der Waals surface area contributed by atoms with Crippen LogP contribution >= 0.6 is 15.2 Å². The van der Waals surface area contributed by atoms with Gasteiger partial charge in [0.05, 0.1) is 0 Å². The van der Waals surface area contributed by atoms with Crippen LogP contribution in [0.3, 0.4) is 0 Å². The van der Waals surface area contributed by atoms with Crippen LogP contribution < -0.4 is 28.7 Å². The molecule has 69 heavy (non-hydrogen) atoms. The number of benzene rings is 6. The van der Waals surface area contributed by atoms with E-state index < -0.39 is 38.9 Å². The Hall–Kier alpha value is -5.59. The van der Waals surface area contributed by atoms with Crippen molar-refractivity contribution < 1.29 is 73.7 Å². The molecule has 0 saturated carbocycles. The van der Waals surface area contributed by atoms with Crippen LogP contribution in [0.4, 0.5) is 9.59 Å². The van der Waals surface area contributed by atoms with Crippen LogP contribution in [-0.4, -0.2) is 84.2 Å². The Balaban J connectivity index is 0.00000125. The third-order valence-electron chi connectivity index (χ3n) is 8.81. The number of alkyl carbamates (subject to hydrolysis) is 2. The van der Waals surface area contributed by atoms with Crippen molar-refractivity contribution in [1.82, 2.24) is 10.6 Å². The predicted molar refractivity (Wildman–Crippen MR) is 268 cm³/mol. The van der Waals surface area contributed by atoms with Gasteiger partial charge in [-0.05, 0) is 0 Å². The number of rotatable bonds is 20. The van der Waals surface area contributed by atoms with E-state index in [0.29, 0.717) is 35.8 Å². The maximum atomic E-state index is 14.1. The number of ether oxygens (including phenoxy) is 2. The van der Waals surface area contributed by atoms with Crippen molar-refractivity contribution >= 4 is 60.4 Å². The molecule has 0 fully saturated rings. The van der Waals surface area contributed by atoms with E-state index >= 15 is 0 Å². The first-order chi connectivity index (χ1) is 30.9. The molecular formula is C48H60Ge2N2O15P2. The van der Waals surface area contributed by atoms with Crippen molar-refractivity contribution in [3.63, 3.8) is 0 Å². The Bertz CT molecular complexity index is 2130. The number of nitrogens with one attached hydrogen (secondary N) is 2. The quantitative estimate of drug-likeness (QED) is 0.0552. The van der Waals surface area contributed by atoms with Crippen molar-refractivity contribution in [2.75, 3.05) is 0 Å². The maximum Gasteiger partial charge on any atom is -0.412 e. The average molecular weight is 1110 g/mol. The van der Waals surface area contributed by atoms with Crippen LogP contribution in [0.2, 0.25) is 9.50 Å². The van der Waals surface area contributed by atoms with Gasteiger partial charge in [0.15, 0.2) is 0 Å². The number of carbonyl (C=O) groups excluding carboxylic acids is 2. The van der Waals surface area contributed by atoms with E-state index in [1.807, 2.05) is 132 Å². The standard InChI is InChI=1S/2C24H25GeNO5P.5H2O/c2*1-19(25)17-23(26-24(27)29-18-20-11-5-2-6-12-20)32(28,30-21-13-7-3-8-14-21)31-22-15-9-4-10-16-22;;;;;/h2*2-16,19,23H,17-18H2,1H3,(H,26,27);5*1H2. The van der Waals surface area contributed by atoms with Gasteiger partial charge in [-0.15, -0.1) is 0 Å². The summed E-state index contributed by atoms with van der Waals surface area (Å²) in [6.07, 6.45) is -0.629. The first kappa shape index (κ1) is 63.4. The Morgan fingerprint density at radius 2 is 0.638 bits per heavy atom. The summed E-state index contributed by atoms with van der Waals surface area (Å²) in [5, 5.41) is 5.45. The van der Waals surface area contributed by atoms with Crippen LogP contribution in [-0.2, 0) is 31.8 Å². The summed E-state index contributed by atoms with van der Waals surface area (Å²) in [5.74, 6) is -0.266. The summed E-state index contributed by atoms with van der Waals surface area (Å²) in [6.45, 7) is 4.15. The Morgan fingerprint density at radius 3 is 0.855 bits per heavy atom. The number of para-hydroxylation sites is 4. The first-order valence-electron chi connectivity index (χ1n) is 20.4. The van der Waals surface area contributed by atoms with Gasteiger partial charge in [0.1, 0.15) is 0 Å². The third kappa shape index (κ3) is 22.6. The monoisotopic (exact) mass is 1110 g/mol. The normalized spacial score (nSPS) is 12.0. The summed E-state index contributed by atoms with van der Waals surface area (Å²) in [4.78, 5) is 25.2. The average Bonchev–Trinajstić information content (AvgIpc) is 3.29. The molecule has 6 radical (unpaired) electrons. The molecule has 4 atom stereocenters. The smallest absolute Gasteiger partial charge is 0.412 e. The van der Waals surface area contributed by atoms with Crippen molar-refractivity contribution in [2.24, 2.45) is 0 Å². The minimum atomic E-state index is -3.89. The molecule has 0 aliphatic heterocycles. The SMILES string of the molecule is C[CH]([Ge])CC(NC(=O)OCc1ccccc1)P(=O)(Oc1ccccc1)Oc1ccccc1.C[CH]([Ge])CC(NC(=O)OCc1ccccc1)P(=O)(Oc1ccccc1)Oc1ccccc1.O.O.O.O.O. The zero-order valence-electron chi connectivity index (χ0n) is 37.9. The number of amides is 2. The van der Waals surface area contributed by atoms with Gasteiger partial charge >= 0.3 is 394 Å². The van der Waals surface area contributed by atoms with Gasteiger partial charge in [-0.3, -0.25) is 0 Å². The van der Waals surface area contributed by atoms with E-state index in [1.165, 1.54) is 0 Å². The fraction of sp³-hybridized carbons (Fsp3) is 0.208. The Morgan fingerprint density at radius 1 is 0.420 bits per heavy atom. The first-order valence-corrected chi connectivity index (χ1v) is 26.1. The third-order valence-corrected chi connectivity index (χ3v) is 13.9. The van der Waals surface area contributed by atoms with Crippen molar-refractivity contribution in [3.05, 3.63) is 193 Å². The van der Waals surface area contributed by atoms with E-state index in [4.69, 9.17) is 27.6 Å². The minimum absolute atomic E-state index is 0. The minimum Gasteiger partial charge on any atom is -0.412 e. The van der Waals surface area contributed by atoms with Crippen LogP contribution in [0, 0.1) is 0 Å². The second-order valence-corrected chi connectivity index (χ2v) is 22.7. The van der Waals surface area contributed by atoms with E-state index in [2.05, 4.69) is 10.6 Å². The molecular weight excluding hydrogens is 1050 g/mol. The Labute approximate surface area is 419 Å². The van der Waals surface area contributed by atoms with Gasteiger partial charge in [-0.25, -0.2) is 0 Å². The second kappa shape index (κ2) is 33.0. The number of carbonyl (C=O) groups is 2. The summed E-state index contributed by atoms with van der Waals surface area (Å²) in [6, 6.07) is 53.8. The molecule has 12 N–H and O–H groups in total. The van der Waals surface area contributed by atoms with Crippen molar-refractivity contribution in [3.8, 4) is 23.0 Å². The van der Waals surface area contributed by atoms with Gasteiger partial charge in [-0.2, -0.15) is 0 Å². The molecule has 0 aliphatic carbocycles. The molecule has 0 bridgehead atoms. The van der Waals surface area contributed by atoms with Crippen molar-refractivity contribution in [2.45, 2.75) is 61.0 Å². The van der Waals surface area contributed by atoms with E-state index in [-0.39, 0.29) is 50.1 Å². The van der Waals surface area contributed by atoms with Gasteiger partial charge in [0.2, 0.25) is 0 Å². The van der Waals surface area contributed by atoms with Crippen LogP contribution in [0.1, 0.15) is 37.8 Å². The summed E-state index contributed by atoms with van der Waals surface area (Å²) in [7, 11) is -7.78. The molecule has 0 aliphatic rings. The molecule has 6 aromatic carbocycles. The predicted octanol–water partition coefficient (Wildman–Crippen LogP) is 7.79. The molecule has 0 spiro atoms. The zero-order valence-corrected chi connectivity index (χ0v) is 43.9. The fourth-order valence-electron chi connectivity index (χ4n) is 5.81. The van der Waals surface area contributed by atoms with Crippen LogP contribution in [0.15, 0.2) is 182 Å². The summed E-state index contributed by atoms with van der Waals surface area (Å²) in [5.41, 5.74) is 1.71. The van der Waals surface area contributed by atoms with E-state index in [1.54, 1.807) is 97.1 Å². The summed E-state index contributed by atoms with van der Waals surface area (Å²) >= 11 is 3.94. The molecule has 6 rings (SSSR count). The van der Waals surface area contributed by atoms with E-state index in [9.17, 15) is 18.7 Å². The van der Waals surface area contributed by atoms with Gasteiger partial charge < -0.3 is 27.4 Å². The summed E-state index contributed by atoms with van der Waals surface area (Å²) < 4.78 is 62.7. The molecule has 21 heteroatoms. The topological polar surface area (TPSA) is 305 Å².